The minimum absolute atomic E-state index is 0.0943. The van der Waals surface area contributed by atoms with Crippen LogP contribution in [0.5, 0.6) is 0 Å². The standard InChI is InChI=1S/C30H36N5/c1-30(2,3)27-15-14-25(18-23(27)10-6-8-22-9-7-16-31-20-22)35(29-11-4-5-17-32-29)26-13-12-24-21-33-34-28(24)19-26/h4-5,12-15,17-19,21-22,31H,6-10,16,20H2,1-3H3,(H,33,34). The highest BCUT2D eigenvalue weighted by atomic mass is 15.2. The van der Waals surface area contributed by atoms with Gasteiger partial charge in [0.2, 0.25) is 0 Å². The Labute approximate surface area is 209 Å². The second-order valence-corrected chi connectivity index (χ2v) is 10.8. The normalized spacial score (nSPS) is 16.5. The average Bonchev–Trinajstić information content (AvgIpc) is 3.33. The van der Waals surface area contributed by atoms with E-state index in [1.807, 2.05) is 24.5 Å². The molecule has 2 aromatic carbocycles. The van der Waals surface area contributed by atoms with Crippen molar-refractivity contribution in [3.63, 3.8) is 0 Å². The zero-order chi connectivity index (χ0) is 24.3. The molecule has 0 saturated carbocycles. The summed E-state index contributed by atoms with van der Waals surface area (Å²) >= 11 is 0. The SMILES string of the molecule is CC(C)(C)c1ccc(N(c2ccc3cn[nH]c3c2)c2[c]cccn2)cc1CCCC1CCCNC1. The van der Waals surface area contributed by atoms with Gasteiger partial charge in [0, 0.05) is 29.0 Å². The number of pyridine rings is 1. The number of nitrogens with one attached hydrogen (secondary N) is 2. The summed E-state index contributed by atoms with van der Waals surface area (Å²) in [5.74, 6) is 1.60. The second kappa shape index (κ2) is 10.2. The van der Waals surface area contributed by atoms with E-state index in [1.165, 1.54) is 49.9 Å². The number of rotatable bonds is 7. The summed E-state index contributed by atoms with van der Waals surface area (Å²) < 4.78 is 0. The Morgan fingerprint density at radius 2 is 1.97 bits per heavy atom. The molecule has 0 spiro atoms. The molecule has 1 aliphatic heterocycles. The summed E-state index contributed by atoms with van der Waals surface area (Å²) in [6.07, 6.45) is 9.95. The highest BCUT2D eigenvalue weighted by Gasteiger charge is 2.22. The first-order valence-electron chi connectivity index (χ1n) is 12.9. The van der Waals surface area contributed by atoms with Gasteiger partial charge in [-0.05, 0) is 110 Å². The van der Waals surface area contributed by atoms with Crippen molar-refractivity contribution in [3.8, 4) is 0 Å². The lowest BCUT2D eigenvalue weighted by Gasteiger charge is -2.28. The molecule has 1 saturated heterocycles. The van der Waals surface area contributed by atoms with E-state index in [4.69, 9.17) is 0 Å². The van der Waals surface area contributed by atoms with Crippen LogP contribution in [-0.4, -0.2) is 28.3 Å². The molecule has 2 aromatic heterocycles. The number of benzene rings is 2. The van der Waals surface area contributed by atoms with Gasteiger partial charge in [0.1, 0.15) is 5.82 Å². The van der Waals surface area contributed by atoms with Crippen LogP contribution in [0.1, 0.15) is 57.6 Å². The molecule has 5 nitrogen and oxygen atoms in total. The van der Waals surface area contributed by atoms with Crippen LogP contribution in [0.15, 0.2) is 60.9 Å². The number of piperidine rings is 1. The zero-order valence-corrected chi connectivity index (χ0v) is 21.1. The number of fused-ring (bicyclic) bond motifs is 1. The third-order valence-electron chi connectivity index (χ3n) is 7.10. The molecule has 1 unspecified atom stereocenters. The minimum atomic E-state index is 0.0943. The topological polar surface area (TPSA) is 56.8 Å². The van der Waals surface area contributed by atoms with Crippen LogP contribution in [0.2, 0.25) is 0 Å². The lowest BCUT2D eigenvalue weighted by molar-refractivity contribution is 0.350. The van der Waals surface area contributed by atoms with Crippen molar-refractivity contribution in [2.24, 2.45) is 5.92 Å². The molecule has 3 heterocycles. The molecule has 2 N–H and O–H groups in total. The second-order valence-electron chi connectivity index (χ2n) is 10.8. The maximum Gasteiger partial charge on any atom is 0.145 e. The van der Waals surface area contributed by atoms with Crippen molar-refractivity contribution in [1.29, 1.82) is 0 Å². The molecular formula is C30H36N5. The van der Waals surface area contributed by atoms with Gasteiger partial charge in [0.15, 0.2) is 0 Å². The Morgan fingerprint density at radius 3 is 2.74 bits per heavy atom. The third kappa shape index (κ3) is 5.40. The third-order valence-corrected chi connectivity index (χ3v) is 7.10. The maximum atomic E-state index is 4.66. The Kier molecular flexibility index (Phi) is 6.87. The molecule has 0 bridgehead atoms. The van der Waals surface area contributed by atoms with E-state index in [2.05, 4.69) is 88.6 Å². The average molecular weight is 467 g/mol. The Bertz CT molecular complexity index is 1250. The van der Waals surface area contributed by atoms with Crippen molar-refractivity contribution in [2.75, 3.05) is 18.0 Å². The Balaban J connectivity index is 1.50. The molecule has 5 rings (SSSR count). The molecule has 35 heavy (non-hydrogen) atoms. The Hall–Kier alpha value is -3.18. The van der Waals surface area contributed by atoms with Crippen molar-refractivity contribution >= 4 is 28.1 Å². The first-order chi connectivity index (χ1) is 17.0. The summed E-state index contributed by atoms with van der Waals surface area (Å²) in [5.41, 5.74) is 6.12. The van der Waals surface area contributed by atoms with E-state index in [0.717, 1.165) is 40.4 Å². The van der Waals surface area contributed by atoms with Crippen LogP contribution in [0.25, 0.3) is 10.9 Å². The molecule has 181 valence electrons. The summed E-state index contributed by atoms with van der Waals surface area (Å²) in [7, 11) is 0. The molecule has 1 radical (unpaired) electrons. The van der Waals surface area contributed by atoms with Gasteiger partial charge in [-0.1, -0.05) is 26.8 Å². The molecule has 1 atom stereocenters. The molecule has 1 aliphatic rings. The Morgan fingerprint density at radius 1 is 1.11 bits per heavy atom. The van der Waals surface area contributed by atoms with Gasteiger partial charge in [0.25, 0.3) is 0 Å². The summed E-state index contributed by atoms with van der Waals surface area (Å²) in [6, 6.07) is 20.5. The smallest absolute Gasteiger partial charge is 0.145 e. The summed E-state index contributed by atoms with van der Waals surface area (Å²) in [6.45, 7) is 9.29. The van der Waals surface area contributed by atoms with Crippen molar-refractivity contribution in [1.82, 2.24) is 20.5 Å². The van der Waals surface area contributed by atoms with E-state index in [-0.39, 0.29) is 5.41 Å². The quantitative estimate of drug-likeness (QED) is 0.313. The molecule has 5 heteroatoms. The monoisotopic (exact) mass is 466 g/mol. The number of aromatic nitrogens is 3. The van der Waals surface area contributed by atoms with E-state index in [0.29, 0.717) is 0 Å². The van der Waals surface area contributed by atoms with Gasteiger partial charge in [-0.15, -0.1) is 0 Å². The highest BCUT2D eigenvalue weighted by molar-refractivity contribution is 5.85. The molecular weight excluding hydrogens is 430 g/mol. The van der Waals surface area contributed by atoms with Crippen LogP contribution >= 0.6 is 0 Å². The van der Waals surface area contributed by atoms with Gasteiger partial charge < -0.3 is 5.32 Å². The van der Waals surface area contributed by atoms with Crippen molar-refractivity contribution in [2.45, 2.75) is 58.3 Å². The zero-order valence-electron chi connectivity index (χ0n) is 21.1. The van der Waals surface area contributed by atoms with Gasteiger partial charge >= 0.3 is 0 Å². The first kappa shape index (κ1) is 23.6. The van der Waals surface area contributed by atoms with Crippen LogP contribution in [0, 0.1) is 12.0 Å². The van der Waals surface area contributed by atoms with E-state index < -0.39 is 0 Å². The van der Waals surface area contributed by atoms with Crippen molar-refractivity contribution in [3.05, 3.63) is 78.1 Å². The van der Waals surface area contributed by atoms with Gasteiger partial charge in [-0.3, -0.25) is 10.00 Å². The largest absolute Gasteiger partial charge is 0.316 e. The summed E-state index contributed by atoms with van der Waals surface area (Å²) in [4.78, 5) is 6.86. The fourth-order valence-electron chi connectivity index (χ4n) is 5.31. The first-order valence-corrected chi connectivity index (χ1v) is 12.9. The number of H-pyrrole nitrogens is 1. The van der Waals surface area contributed by atoms with E-state index in [9.17, 15) is 0 Å². The molecule has 1 fully saturated rings. The fourth-order valence-corrected chi connectivity index (χ4v) is 5.31. The van der Waals surface area contributed by atoms with E-state index >= 15 is 0 Å². The fraction of sp³-hybridized carbons (Fsp3) is 0.400. The van der Waals surface area contributed by atoms with Gasteiger partial charge in [-0.25, -0.2) is 4.98 Å². The highest BCUT2D eigenvalue weighted by Crippen LogP contribution is 2.37. The van der Waals surface area contributed by atoms with Gasteiger partial charge in [0.05, 0.1) is 11.7 Å². The number of aryl methyl sites for hydroxylation is 1. The van der Waals surface area contributed by atoms with Crippen molar-refractivity contribution < 1.29 is 0 Å². The lowest BCUT2D eigenvalue weighted by atomic mass is 9.81. The number of hydrogen-bond donors (Lipinski definition) is 2. The maximum absolute atomic E-state index is 4.66. The number of anilines is 3. The minimum Gasteiger partial charge on any atom is -0.316 e. The van der Waals surface area contributed by atoms with E-state index in [1.54, 1.807) is 0 Å². The summed E-state index contributed by atoms with van der Waals surface area (Å²) in [5, 5.41) is 12.0. The predicted octanol–water partition coefficient (Wildman–Crippen LogP) is 6.85. The number of nitrogens with zero attached hydrogens (tertiary/aromatic N) is 3. The van der Waals surface area contributed by atoms with Crippen LogP contribution in [-0.2, 0) is 11.8 Å². The van der Waals surface area contributed by atoms with Crippen LogP contribution < -0.4 is 10.2 Å². The van der Waals surface area contributed by atoms with Crippen LogP contribution in [0.4, 0.5) is 17.2 Å². The lowest BCUT2D eigenvalue weighted by Crippen LogP contribution is -2.29. The van der Waals surface area contributed by atoms with Gasteiger partial charge in [-0.2, -0.15) is 5.10 Å². The predicted molar refractivity (Wildman–Crippen MR) is 145 cm³/mol. The molecule has 4 aromatic rings. The number of aromatic amines is 1. The van der Waals surface area contributed by atoms with Crippen LogP contribution in [0.3, 0.4) is 0 Å². The molecule has 0 amide bonds. The number of hydrogen-bond acceptors (Lipinski definition) is 4. The molecule has 0 aliphatic carbocycles.